The molecule has 0 fully saturated rings. The number of hydrogen-bond acceptors (Lipinski definition) is 11. The molecule has 0 bridgehead atoms. The van der Waals surface area contributed by atoms with Gasteiger partial charge in [-0.3, -0.25) is 24.0 Å². The number of aliphatic carboxylic acids is 2. The summed E-state index contributed by atoms with van der Waals surface area (Å²) in [5, 5.41) is 36.7. The summed E-state index contributed by atoms with van der Waals surface area (Å²) in [4.78, 5) is 71.8. The zero-order chi connectivity index (χ0) is 28.5. The van der Waals surface area contributed by atoms with Gasteiger partial charge in [-0.15, -0.1) is 0 Å². The lowest BCUT2D eigenvalue weighted by Gasteiger charge is -2.24. The maximum absolute atomic E-state index is 12.6. The number of carbonyl (C=O) groups is 6. The molecule has 0 spiro atoms. The van der Waals surface area contributed by atoms with Crippen LogP contribution in [0.15, 0.2) is 0 Å². The van der Waals surface area contributed by atoms with Crippen molar-refractivity contribution in [3.05, 3.63) is 0 Å². The van der Waals surface area contributed by atoms with Gasteiger partial charge in [0.05, 0.1) is 12.6 Å². The molecule has 0 radical (unpaired) electrons. The standard InChI is InChI=1S/C20H36N6O9S2/c21-6-2-1-3-11(20(34)35)23-18(32)14(9-37)26-17(31)12(7-27)24-19(33)13(8-36)25-16(30)10(22)4-5-15(28)29/h10-14,27,36-37H,1-9,21-22H2,(H,23,32)(H,24,33)(H,25,30)(H,26,31)(H,28,29)(H,34,35)/t10-,11-,12-,13-,14-/m0/s1. The summed E-state index contributed by atoms with van der Waals surface area (Å²) < 4.78 is 0. The van der Waals surface area contributed by atoms with Crippen molar-refractivity contribution in [1.82, 2.24) is 21.3 Å². The first-order valence-electron chi connectivity index (χ1n) is 11.4. The number of hydrogen-bond donors (Lipinski definition) is 11. The van der Waals surface area contributed by atoms with Crippen molar-refractivity contribution in [2.45, 2.75) is 62.3 Å². The highest BCUT2D eigenvalue weighted by atomic mass is 32.1. The number of carboxylic acid groups (broad SMARTS) is 2. The van der Waals surface area contributed by atoms with Crippen LogP contribution in [-0.2, 0) is 28.8 Å². The fraction of sp³-hybridized carbons (Fsp3) is 0.700. The van der Waals surface area contributed by atoms with Gasteiger partial charge in [-0.1, -0.05) is 0 Å². The zero-order valence-corrected chi connectivity index (χ0v) is 21.9. The van der Waals surface area contributed by atoms with Gasteiger partial charge in [-0.2, -0.15) is 25.3 Å². The minimum absolute atomic E-state index is 0.123. The normalized spacial score (nSPS) is 14.8. The van der Waals surface area contributed by atoms with E-state index in [0.717, 1.165) is 0 Å². The molecule has 0 aromatic rings. The van der Waals surface area contributed by atoms with E-state index in [4.69, 9.17) is 16.6 Å². The predicted molar refractivity (Wildman–Crippen MR) is 138 cm³/mol. The van der Waals surface area contributed by atoms with Crippen molar-refractivity contribution >= 4 is 60.8 Å². The van der Waals surface area contributed by atoms with Gasteiger partial charge in [0.25, 0.3) is 0 Å². The first-order valence-corrected chi connectivity index (χ1v) is 12.6. The monoisotopic (exact) mass is 568 g/mol. The van der Waals surface area contributed by atoms with Crippen molar-refractivity contribution in [1.29, 1.82) is 0 Å². The van der Waals surface area contributed by atoms with E-state index in [1.807, 2.05) is 0 Å². The van der Waals surface area contributed by atoms with Crippen molar-refractivity contribution < 1.29 is 44.1 Å². The Balaban J connectivity index is 5.11. The number of aliphatic hydroxyl groups excluding tert-OH is 1. The molecule has 212 valence electrons. The highest BCUT2D eigenvalue weighted by Crippen LogP contribution is 2.03. The number of nitrogens with two attached hydrogens (primary N) is 2. The van der Waals surface area contributed by atoms with Gasteiger partial charge in [0.1, 0.15) is 24.2 Å². The lowest BCUT2D eigenvalue weighted by atomic mass is 10.1. The molecule has 0 rings (SSSR count). The summed E-state index contributed by atoms with van der Waals surface area (Å²) in [5.74, 6) is -6.37. The van der Waals surface area contributed by atoms with Crippen molar-refractivity contribution in [3.63, 3.8) is 0 Å². The average molecular weight is 569 g/mol. The molecule has 0 saturated heterocycles. The molecule has 0 aliphatic rings. The lowest BCUT2D eigenvalue weighted by molar-refractivity contribution is -0.142. The van der Waals surface area contributed by atoms with E-state index in [1.165, 1.54) is 0 Å². The number of thiol groups is 2. The van der Waals surface area contributed by atoms with Gasteiger partial charge in [-0.25, -0.2) is 4.79 Å². The Morgan fingerprint density at radius 1 is 0.703 bits per heavy atom. The van der Waals surface area contributed by atoms with E-state index in [-0.39, 0.29) is 30.8 Å². The van der Waals surface area contributed by atoms with Crippen LogP contribution in [-0.4, -0.2) is 106 Å². The smallest absolute Gasteiger partial charge is 0.326 e. The Labute approximate surface area is 224 Å². The number of carboxylic acids is 2. The van der Waals surface area contributed by atoms with Crippen LogP contribution in [0.1, 0.15) is 32.1 Å². The first kappa shape index (κ1) is 34.4. The topological polar surface area (TPSA) is 263 Å². The summed E-state index contributed by atoms with van der Waals surface area (Å²) >= 11 is 7.97. The summed E-state index contributed by atoms with van der Waals surface area (Å²) in [6, 6.07) is -6.52. The average Bonchev–Trinajstić information content (AvgIpc) is 2.85. The van der Waals surface area contributed by atoms with Gasteiger partial charge < -0.3 is 48.1 Å². The van der Waals surface area contributed by atoms with Crippen LogP contribution in [0, 0.1) is 0 Å². The number of unbranched alkanes of at least 4 members (excludes halogenated alkanes) is 1. The second kappa shape index (κ2) is 18.6. The third-order valence-electron chi connectivity index (χ3n) is 5.01. The zero-order valence-electron chi connectivity index (χ0n) is 20.1. The van der Waals surface area contributed by atoms with E-state index in [0.29, 0.717) is 19.4 Å². The molecule has 15 nitrogen and oxygen atoms in total. The Morgan fingerprint density at radius 3 is 1.59 bits per heavy atom. The van der Waals surface area contributed by atoms with E-state index in [2.05, 4.69) is 46.5 Å². The number of nitrogens with one attached hydrogen (secondary N) is 4. The predicted octanol–water partition coefficient (Wildman–Crippen LogP) is -3.82. The Bertz CT molecular complexity index is 804. The van der Waals surface area contributed by atoms with Crippen molar-refractivity contribution in [2.24, 2.45) is 11.5 Å². The Kier molecular flexibility index (Phi) is 17.3. The molecule has 11 N–H and O–H groups in total. The molecule has 0 heterocycles. The summed E-state index contributed by atoms with van der Waals surface area (Å²) in [5.41, 5.74) is 11.0. The maximum Gasteiger partial charge on any atom is 0.326 e. The van der Waals surface area contributed by atoms with Crippen LogP contribution >= 0.6 is 25.3 Å². The highest BCUT2D eigenvalue weighted by molar-refractivity contribution is 7.80. The molecule has 4 amide bonds. The fourth-order valence-corrected chi connectivity index (χ4v) is 3.35. The summed E-state index contributed by atoms with van der Waals surface area (Å²) in [6.07, 6.45) is 0.605. The van der Waals surface area contributed by atoms with Crippen LogP contribution in [0.25, 0.3) is 0 Å². The molecule has 0 saturated carbocycles. The SMILES string of the molecule is NCCCC[C@H](NC(=O)[C@H](CS)NC(=O)[C@H](CO)NC(=O)[C@H](CS)NC(=O)[C@@H](N)CCC(=O)O)C(=O)O. The third kappa shape index (κ3) is 13.5. The van der Waals surface area contributed by atoms with Crippen LogP contribution in [0.5, 0.6) is 0 Å². The number of amides is 4. The third-order valence-corrected chi connectivity index (χ3v) is 5.74. The van der Waals surface area contributed by atoms with E-state index < -0.39 is 72.4 Å². The van der Waals surface area contributed by atoms with Crippen LogP contribution < -0.4 is 32.7 Å². The summed E-state index contributed by atoms with van der Waals surface area (Å²) in [6.45, 7) is -0.514. The molecule has 0 aromatic carbocycles. The second-order valence-corrected chi connectivity index (χ2v) is 8.68. The molecule has 0 aliphatic heterocycles. The quantitative estimate of drug-likeness (QED) is 0.0531. The largest absolute Gasteiger partial charge is 0.481 e. The molecule has 5 atom stereocenters. The van der Waals surface area contributed by atoms with Gasteiger partial charge in [0.15, 0.2) is 0 Å². The van der Waals surface area contributed by atoms with Gasteiger partial charge in [0.2, 0.25) is 23.6 Å². The minimum atomic E-state index is -1.54. The molecular weight excluding hydrogens is 532 g/mol. The maximum atomic E-state index is 12.6. The van der Waals surface area contributed by atoms with Crippen LogP contribution in [0.2, 0.25) is 0 Å². The number of carbonyl (C=O) groups excluding carboxylic acids is 4. The van der Waals surface area contributed by atoms with E-state index >= 15 is 0 Å². The van der Waals surface area contributed by atoms with Crippen molar-refractivity contribution in [2.75, 3.05) is 24.7 Å². The second-order valence-electron chi connectivity index (χ2n) is 7.95. The number of aliphatic hydroxyl groups is 1. The van der Waals surface area contributed by atoms with Crippen LogP contribution in [0.4, 0.5) is 0 Å². The first-order chi connectivity index (χ1) is 17.4. The molecular formula is C20H36N6O9S2. The minimum Gasteiger partial charge on any atom is -0.481 e. The van der Waals surface area contributed by atoms with Gasteiger partial charge in [0, 0.05) is 17.9 Å². The van der Waals surface area contributed by atoms with Crippen LogP contribution in [0.3, 0.4) is 0 Å². The molecule has 0 aromatic heterocycles. The van der Waals surface area contributed by atoms with Gasteiger partial charge >= 0.3 is 11.9 Å². The fourth-order valence-electron chi connectivity index (χ4n) is 2.84. The molecule has 0 aliphatic carbocycles. The van der Waals surface area contributed by atoms with Gasteiger partial charge in [-0.05, 0) is 32.2 Å². The summed E-state index contributed by atoms with van der Waals surface area (Å²) in [7, 11) is 0. The lowest BCUT2D eigenvalue weighted by Crippen LogP contribution is -2.60. The van der Waals surface area contributed by atoms with Crippen molar-refractivity contribution in [3.8, 4) is 0 Å². The molecule has 37 heavy (non-hydrogen) atoms. The van der Waals surface area contributed by atoms with E-state index in [9.17, 15) is 39.0 Å². The Hall–Kier alpha value is -2.60. The number of rotatable bonds is 19. The Morgan fingerprint density at radius 2 is 1.16 bits per heavy atom. The van der Waals surface area contributed by atoms with E-state index in [1.54, 1.807) is 0 Å². The highest BCUT2D eigenvalue weighted by Gasteiger charge is 2.30. The molecule has 0 unspecified atom stereocenters. The molecule has 17 heteroatoms.